The first-order chi connectivity index (χ1) is 11.5. The summed E-state index contributed by atoms with van der Waals surface area (Å²) >= 11 is 0. The first-order valence-corrected chi connectivity index (χ1v) is 7.45. The molecule has 8 nitrogen and oxygen atoms in total. The number of hydrogen-bond acceptors (Lipinski definition) is 6. The predicted octanol–water partition coefficient (Wildman–Crippen LogP) is 0.615. The highest BCUT2D eigenvalue weighted by Crippen LogP contribution is 2.38. The third kappa shape index (κ3) is 2.62. The number of fused-ring (bicyclic) bond motifs is 1. The molecule has 2 atom stereocenters. The van der Waals surface area contributed by atoms with Gasteiger partial charge in [-0.3, -0.25) is 19.4 Å². The molecule has 1 aliphatic rings. The number of nitrogens with zero attached hydrogens (tertiary/aromatic N) is 1. The molecule has 8 heteroatoms. The number of nitrogens with two attached hydrogens (primary N) is 1. The Morgan fingerprint density at radius 1 is 1.29 bits per heavy atom. The second-order valence-electron chi connectivity index (χ2n) is 5.32. The van der Waals surface area contributed by atoms with Gasteiger partial charge in [0.25, 0.3) is 5.56 Å². The van der Waals surface area contributed by atoms with E-state index < -0.39 is 29.3 Å². The van der Waals surface area contributed by atoms with E-state index >= 15 is 0 Å². The molecule has 0 aliphatic carbocycles. The van der Waals surface area contributed by atoms with Crippen molar-refractivity contribution in [3.05, 3.63) is 51.8 Å². The molecule has 1 aromatic carbocycles. The molecule has 1 aliphatic heterocycles. The number of hydrogen-bond donors (Lipinski definition) is 3. The minimum Gasteiger partial charge on any atom is -0.465 e. The molecule has 0 radical (unpaired) electrons. The van der Waals surface area contributed by atoms with Crippen LogP contribution in [0.15, 0.2) is 35.1 Å². The number of aromatic amines is 1. The lowest BCUT2D eigenvalue weighted by Gasteiger charge is -2.30. The number of carbonyl (C=O) groups excluding carboxylic acids is 2. The molecule has 0 saturated carbocycles. The van der Waals surface area contributed by atoms with E-state index in [4.69, 9.17) is 10.5 Å². The number of rotatable bonds is 3. The van der Waals surface area contributed by atoms with Gasteiger partial charge in [-0.05, 0) is 12.5 Å². The number of amides is 1. The van der Waals surface area contributed by atoms with Crippen LogP contribution in [0.1, 0.15) is 24.0 Å². The van der Waals surface area contributed by atoms with Crippen LogP contribution in [0.5, 0.6) is 0 Å². The van der Waals surface area contributed by atoms with Gasteiger partial charge in [0.2, 0.25) is 11.9 Å². The van der Waals surface area contributed by atoms with Crippen molar-refractivity contribution in [1.29, 1.82) is 0 Å². The quantitative estimate of drug-likeness (QED) is 0.560. The van der Waals surface area contributed by atoms with Crippen LogP contribution in [-0.4, -0.2) is 28.5 Å². The van der Waals surface area contributed by atoms with Crippen molar-refractivity contribution in [2.75, 3.05) is 17.7 Å². The van der Waals surface area contributed by atoms with E-state index in [0.29, 0.717) is 5.56 Å². The smallest absolute Gasteiger partial charge is 0.319 e. The number of carbonyl (C=O) groups is 2. The summed E-state index contributed by atoms with van der Waals surface area (Å²) in [4.78, 5) is 43.6. The second kappa shape index (κ2) is 6.15. The molecule has 2 aromatic rings. The fourth-order valence-corrected chi connectivity index (χ4v) is 2.89. The van der Waals surface area contributed by atoms with Crippen molar-refractivity contribution in [1.82, 2.24) is 9.97 Å². The van der Waals surface area contributed by atoms with Crippen molar-refractivity contribution in [2.45, 2.75) is 12.8 Å². The molecule has 0 saturated heterocycles. The Hall–Kier alpha value is -3.16. The summed E-state index contributed by atoms with van der Waals surface area (Å²) in [5.74, 6) is -3.29. The van der Waals surface area contributed by atoms with E-state index in [1.54, 1.807) is 37.3 Å². The van der Waals surface area contributed by atoms with Gasteiger partial charge in [-0.15, -0.1) is 0 Å². The zero-order valence-electron chi connectivity index (χ0n) is 12.9. The van der Waals surface area contributed by atoms with Crippen LogP contribution in [0, 0.1) is 5.92 Å². The Morgan fingerprint density at radius 2 is 2.00 bits per heavy atom. The van der Waals surface area contributed by atoms with Crippen molar-refractivity contribution in [3.63, 3.8) is 0 Å². The molecule has 124 valence electrons. The van der Waals surface area contributed by atoms with Crippen LogP contribution in [0.2, 0.25) is 0 Å². The summed E-state index contributed by atoms with van der Waals surface area (Å²) in [7, 11) is 0. The maximum absolute atomic E-state index is 12.5. The highest BCUT2D eigenvalue weighted by atomic mass is 16.5. The van der Waals surface area contributed by atoms with Crippen molar-refractivity contribution in [2.24, 2.45) is 5.92 Å². The number of anilines is 2. The van der Waals surface area contributed by atoms with Gasteiger partial charge in [0.1, 0.15) is 11.7 Å². The maximum atomic E-state index is 12.5. The van der Waals surface area contributed by atoms with Gasteiger partial charge < -0.3 is 15.8 Å². The lowest BCUT2D eigenvalue weighted by atomic mass is 9.78. The maximum Gasteiger partial charge on any atom is 0.319 e. The summed E-state index contributed by atoms with van der Waals surface area (Å²) in [6.07, 6.45) is 0. The van der Waals surface area contributed by atoms with Gasteiger partial charge >= 0.3 is 5.97 Å². The van der Waals surface area contributed by atoms with Crippen LogP contribution in [-0.2, 0) is 14.3 Å². The molecule has 2 heterocycles. The van der Waals surface area contributed by atoms with E-state index in [-0.39, 0.29) is 23.9 Å². The van der Waals surface area contributed by atoms with Gasteiger partial charge in [0.15, 0.2) is 0 Å². The van der Waals surface area contributed by atoms with Gasteiger partial charge in [0, 0.05) is 5.92 Å². The Kier molecular flexibility index (Phi) is 4.03. The number of aromatic nitrogens is 2. The van der Waals surface area contributed by atoms with Gasteiger partial charge in [0.05, 0.1) is 12.2 Å². The molecule has 1 amide bonds. The molecule has 2 unspecified atom stereocenters. The molecule has 0 bridgehead atoms. The second-order valence-corrected chi connectivity index (χ2v) is 5.32. The number of esters is 1. The van der Waals surface area contributed by atoms with Crippen LogP contribution >= 0.6 is 0 Å². The molecule has 1 aromatic heterocycles. The minimum absolute atomic E-state index is 0.0654. The number of H-pyrrole nitrogens is 1. The molecule has 24 heavy (non-hydrogen) atoms. The molecular formula is C16H16N4O4. The van der Waals surface area contributed by atoms with Crippen molar-refractivity contribution < 1.29 is 14.3 Å². The van der Waals surface area contributed by atoms with Gasteiger partial charge in [-0.1, -0.05) is 30.3 Å². The largest absolute Gasteiger partial charge is 0.465 e. The van der Waals surface area contributed by atoms with Crippen LogP contribution in [0.25, 0.3) is 0 Å². The van der Waals surface area contributed by atoms with Crippen molar-refractivity contribution >= 4 is 23.6 Å². The topological polar surface area (TPSA) is 127 Å². The highest BCUT2D eigenvalue weighted by molar-refractivity contribution is 6.08. The fraction of sp³-hybridized carbons (Fsp3) is 0.250. The highest BCUT2D eigenvalue weighted by Gasteiger charge is 2.44. The van der Waals surface area contributed by atoms with Crippen LogP contribution in [0.4, 0.5) is 11.8 Å². The SMILES string of the molecule is CCOC(=O)C1C(=O)Nc2nc(N)[nH]c(=O)c2C1c1ccccc1. The minimum atomic E-state index is -1.17. The Morgan fingerprint density at radius 3 is 2.67 bits per heavy atom. The van der Waals surface area contributed by atoms with Crippen molar-refractivity contribution in [3.8, 4) is 0 Å². The monoisotopic (exact) mass is 328 g/mol. The summed E-state index contributed by atoms with van der Waals surface area (Å²) in [6, 6.07) is 8.83. The molecular weight excluding hydrogens is 312 g/mol. The lowest BCUT2D eigenvalue weighted by molar-refractivity contribution is -0.151. The zero-order chi connectivity index (χ0) is 17.3. The van der Waals surface area contributed by atoms with Gasteiger partial charge in [-0.2, -0.15) is 4.98 Å². The van der Waals surface area contributed by atoms with Crippen LogP contribution < -0.4 is 16.6 Å². The normalized spacial score (nSPS) is 19.3. The van der Waals surface area contributed by atoms with E-state index in [0.717, 1.165) is 0 Å². The Bertz CT molecular complexity index is 847. The van der Waals surface area contributed by atoms with Crippen LogP contribution in [0.3, 0.4) is 0 Å². The Balaban J connectivity index is 2.23. The molecule has 0 fully saturated rings. The number of nitrogen functional groups attached to an aromatic ring is 1. The third-order valence-electron chi connectivity index (χ3n) is 3.84. The summed E-state index contributed by atoms with van der Waals surface area (Å²) in [5.41, 5.74) is 5.88. The van der Waals surface area contributed by atoms with E-state index in [1.807, 2.05) is 0 Å². The summed E-state index contributed by atoms with van der Waals surface area (Å²) in [6.45, 7) is 1.78. The first-order valence-electron chi connectivity index (χ1n) is 7.45. The Labute approximate surface area is 137 Å². The molecule has 3 rings (SSSR count). The number of nitrogens with one attached hydrogen (secondary N) is 2. The lowest BCUT2D eigenvalue weighted by Crippen LogP contribution is -2.43. The average molecular weight is 328 g/mol. The molecule has 4 N–H and O–H groups in total. The average Bonchev–Trinajstić information content (AvgIpc) is 2.54. The van der Waals surface area contributed by atoms with E-state index in [9.17, 15) is 14.4 Å². The first kappa shape index (κ1) is 15.7. The van der Waals surface area contributed by atoms with E-state index in [2.05, 4.69) is 15.3 Å². The number of benzene rings is 1. The fourth-order valence-electron chi connectivity index (χ4n) is 2.89. The molecule has 0 spiro atoms. The zero-order valence-corrected chi connectivity index (χ0v) is 12.9. The number of ether oxygens (including phenoxy) is 1. The summed E-state index contributed by atoms with van der Waals surface area (Å²) < 4.78 is 5.03. The summed E-state index contributed by atoms with van der Waals surface area (Å²) in [5, 5.41) is 2.48. The van der Waals surface area contributed by atoms with E-state index in [1.165, 1.54) is 0 Å². The van der Waals surface area contributed by atoms with Gasteiger partial charge in [-0.25, -0.2) is 0 Å². The standard InChI is InChI=1S/C16H16N4O4/c1-2-24-15(23)11-9(8-6-4-3-5-7-8)10-12(18-14(11)22)19-16(17)20-13(10)21/h3-7,9,11H,2H2,1H3,(H4,17,18,19,20,21,22). The predicted molar refractivity (Wildman–Crippen MR) is 86.3 cm³/mol. The third-order valence-corrected chi connectivity index (χ3v) is 3.84.